The summed E-state index contributed by atoms with van der Waals surface area (Å²) < 4.78 is 10.2. The molecule has 0 N–H and O–H groups in total. The lowest BCUT2D eigenvalue weighted by molar-refractivity contribution is -0.124. The molecule has 2 saturated heterocycles. The van der Waals surface area contributed by atoms with Crippen molar-refractivity contribution >= 4 is 5.78 Å². The first kappa shape index (κ1) is 14.7. The van der Waals surface area contributed by atoms with Crippen molar-refractivity contribution in [1.82, 2.24) is 0 Å². The Hall–Kier alpha value is -0.410. The van der Waals surface area contributed by atoms with Gasteiger partial charge in [0.05, 0.1) is 13.2 Å². The normalized spacial score (nSPS) is 21.8. The molecular formula is C14H26O3. The molecule has 0 aromatic rings. The Morgan fingerprint density at radius 1 is 1.06 bits per heavy atom. The Balaban J connectivity index is 0.000000181. The van der Waals surface area contributed by atoms with Crippen LogP contribution in [0.1, 0.15) is 51.9 Å². The maximum Gasteiger partial charge on any atom is 0.137 e. The van der Waals surface area contributed by atoms with Crippen molar-refractivity contribution in [2.45, 2.75) is 51.9 Å². The van der Waals surface area contributed by atoms with Crippen molar-refractivity contribution in [3.8, 4) is 0 Å². The molecule has 2 aliphatic heterocycles. The third-order valence-corrected chi connectivity index (χ3v) is 3.36. The highest BCUT2D eigenvalue weighted by molar-refractivity contribution is 5.78. The minimum absolute atomic E-state index is 0.339. The van der Waals surface area contributed by atoms with Crippen molar-refractivity contribution in [3.63, 3.8) is 0 Å². The van der Waals surface area contributed by atoms with Gasteiger partial charge in [-0.2, -0.15) is 0 Å². The standard InChI is InChI=1S/C9H18O.C5H8O2/c1-2-3-4-9-5-7-10-8-6-9;6-5-1-3-7-4-2-5/h9H,2-8H2,1H3;1-4H2. The SMILES string of the molecule is CCCCC1CCOCC1.O=C1CCOCC1. The first-order valence-corrected chi connectivity index (χ1v) is 7.00. The van der Waals surface area contributed by atoms with Gasteiger partial charge in [-0.25, -0.2) is 0 Å². The second kappa shape index (κ2) is 9.60. The fraction of sp³-hybridized carbons (Fsp3) is 0.929. The summed E-state index contributed by atoms with van der Waals surface area (Å²) in [5, 5.41) is 0. The van der Waals surface area contributed by atoms with Crippen molar-refractivity contribution in [1.29, 1.82) is 0 Å². The van der Waals surface area contributed by atoms with Crippen LogP contribution in [0.5, 0.6) is 0 Å². The van der Waals surface area contributed by atoms with Crippen molar-refractivity contribution in [2.75, 3.05) is 26.4 Å². The van der Waals surface area contributed by atoms with E-state index in [1.54, 1.807) is 0 Å². The Bertz CT molecular complexity index is 190. The molecule has 0 bridgehead atoms. The number of unbranched alkanes of at least 4 members (excludes halogenated alkanes) is 1. The quantitative estimate of drug-likeness (QED) is 0.763. The fourth-order valence-corrected chi connectivity index (χ4v) is 2.13. The molecule has 2 fully saturated rings. The highest BCUT2D eigenvalue weighted by Gasteiger charge is 2.12. The van der Waals surface area contributed by atoms with E-state index in [1.165, 1.54) is 32.1 Å². The Kier molecular flexibility index (Phi) is 8.28. The number of ether oxygens (including phenoxy) is 2. The van der Waals surface area contributed by atoms with Gasteiger partial charge in [-0.15, -0.1) is 0 Å². The summed E-state index contributed by atoms with van der Waals surface area (Å²) in [4.78, 5) is 10.4. The van der Waals surface area contributed by atoms with E-state index in [0.29, 0.717) is 31.8 Å². The molecule has 0 radical (unpaired) electrons. The lowest BCUT2D eigenvalue weighted by Crippen LogP contribution is -2.15. The molecule has 0 atom stereocenters. The van der Waals surface area contributed by atoms with Gasteiger partial charge in [0.15, 0.2) is 0 Å². The molecule has 0 aromatic heterocycles. The van der Waals surface area contributed by atoms with Gasteiger partial charge < -0.3 is 9.47 Å². The van der Waals surface area contributed by atoms with E-state index < -0.39 is 0 Å². The summed E-state index contributed by atoms with van der Waals surface area (Å²) in [6, 6.07) is 0. The van der Waals surface area contributed by atoms with Gasteiger partial charge in [-0.05, 0) is 18.8 Å². The predicted octanol–water partition coefficient (Wildman–Crippen LogP) is 2.97. The molecule has 0 aromatic carbocycles. The smallest absolute Gasteiger partial charge is 0.137 e. The van der Waals surface area contributed by atoms with E-state index in [-0.39, 0.29) is 0 Å². The van der Waals surface area contributed by atoms with Gasteiger partial charge in [0.25, 0.3) is 0 Å². The summed E-state index contributed by atoms with van der Waals surface area (Å²) in [5.74, 6) is 1.32. The van der Waals surface area contributed by atoms with E-state index in [0.717, 1.165) is 19.1 Å². The van der Waals surface area contributed by atoms with Gasteiger partial charge in [-0.1, -0.05) is 26.2 Å². The summed E-state index contributed by atoms with van der Waals surface area (Å²) in [6.07, 6.45) is 8.04. The molecular weight excluding hydrogens is 216 g/mol. The Morgan fingerprint density at radius 2 is 1.65 bits per heavy atom. The van der Waals surface area contributed by atoms with E-state index in [9.17, 15) is 4.79 Å². The number of hydrogen-bond donors (Lipinski definition) is 0. The number of rotatable bonds is 3. The monoisotopic (exact) mass is 242 g/mol. The molecule has 0 aliphatic carbocycles. The molecule has 0 spiro atoms. The zero-order valence-electron chi connectivity index (χ0n) is 11.1. The summed E-state index contributed by atoms with van der Waals surface area (Å²) in [6.45, 7) is 5.56. The van der Waals surface area contributed by atoms with Gasteiger partial charge in [0.2, 0.25) is 0 Å². The summed E-state index contributed by atoms with van der Waals surface area (Å²) in [5.41, 5.74) is 0. The molecule has 3 heteroatoms. The van der Waals surface area contributed by atoms with Gasteiger partial charge >= 0.3 is 0 Å². The number of carbonyl (C=O) groups excluding carboxylic acids is 1. The van der Waals surface area contributed by atoms with Crippen molar-refractivity contribution < 1.29 is 14.3 Å². The molecule has 2 aliphatic rings. The van der Waals surface area contributed by atoms with E-state index in [2.05, 4.69) is 6.92 Å². The number of carbonyl (C=O) groups is 1. The van der Waals surface area contributed by atoms with Gasteiger partial charge in [0.1, 0.15) is 5.78 Å². The molecule has 2 heterocycles. The maximum atomic E-state index is 10.4. The topological polar surface area (TPSA) is 35.5 Å². The minimum Gasteiger partial charge on any atom is -0.381 e. The summed E-state index contributed by atoms with van der Waals surface area (Å²) >= 11 is 0. The van der Waals surface area contributed by atoms with E-state index in [4.69, 9.17) is 9.47 Å². The van der Waals surface area contributed by atoms with Crippen LogP contribution in [-0.2, 0) is 14.3 Å². The van der Waals surface area contributed by atoms with E-state index in [1.807, 2.05) is 0 Å². The predicted molar refractivity (Wildman–Crippen MR) is 68.1 cm³/mol. The number of Topliss-reactive ketones (excluding diaryl/α,β-unsaturated/α-hetero) is 1. The van der Waals surface area contributed by atoms with Crippen LogP contribution in [0.25, 0.3) is 0 Å². The zero-order valence-corrected chi connectivity index (χ0v) is 11.1. The molecule has 3 nitrogen and oxygen atoms in total. The first-order chi connectivity index (χ1) is 8.33. The maximum absolute atomic E-state index is 10.4. The first-order valence-electron chi connectivity index (χ1n) is 7.00. The summed E-state index contributed by atoms with van der Waals surface area (Å²) in [7, 11) is 0. The van der Waals surface area contributed by atoms with Crippen molar-refractivity contribution in [2.24, 2.45) is 5.92 Å². The van der Waals surface area contributed by atoms with Crippen LogP contribution < -0.4 is 0 Å². The van der Waals surface area contributed by atoms with Crippen LogP contribution >= 0.6 is 0 Å². The van der Waals surface area contributed by atoms with Crippen LogP contribution in [0, 0.1) is 5.92 Å². The molecule has 2 rings (SSSR count). The molecule has 100 valence electrons. The number of ketones is 1. The zero-order chi connectivity index (χ0) is 12.3. The van der Waals surface area contributed by atoms with Crippen LogP contribution in [0.2, 0.25) is 0 Å². The van der Waals surface area contributed by atoms with Crippen LogP contribution in [0.3, 0.4) is 0 Å². The van der Waals surface area contributed by atoms with Crippen molar-refractivity contribution in [3.05, 3.63) is 0 Å². The largest absolute Gasteiger partial charge is 0.381 e. The third kappa shape index (κ3) is 7.50. The minimum atomic E-state index is 0.339. The van der Waals surface area contributed by atoms with Crippen LogP contribution in [0.15, 0.2) is 0 Å². The molecule has 0 unspecified atom stereocenters. The van der Waals surface area contributed by atoms with Crippen LogP contribution in [-0.4, -0.2) is 32.2 Å². The Labute approximate surface area is 105 Å². The highest BCUT2D eigenvalue weighted by Crippen LogP contribution is 2.20. The molecule has 0 saturated carbocycles. The third-order valence-electron chi connectivity index (χ3n) is 3.36. The average Bonchev–Trinajstić information content (AvgIpc) is 2.39. The van der Waals surface area contributed by atoms with Crippen LogP contribution in [0.4, 0.5) is 0 Å². The second-order valence-electron chi connectivity index (χ2n) is 4.85. The average molecular weight is 242 g/mol. The van der Waals surface area contributed by atoms with Gasteiger partial charge in [0, 0.05) is 26.1 Å². The molecule has 17 heavy (non-hydrogen) atoms. The highest BCUT2D eigenvalue weighted by atomic mass is 16.5. The second-order valence-corrected chi connectivity index (χ2v) is 4.85. The number of hydrogen-bond acceptors (Lipinski definition) is 3. The fourth-order valence-electron chi connectivity index (χ4n) is 2.13. The van der Waals surface area contributed by atoms with E-state index >= 15 is 0 Å². The van der Waals surface area contributed by atoms with Gasteiger partial charge in [-0.3, -0.25) is 4.79 Å². The Morgan fingerprint density at radius 3 is 2.12 bits per heavy atom. The lowest BCUT2D eigenvalue weighted by Gasteiger charge is -2.21. The lowest BCUT2D eigenvalue weighted by atomic mass is 9.94. The molecule has 0 amide bonds.